The predicted molar refractivity (Wildman–Crippen MR) is 83.2 cm³/mol. The summed E-state index contributed by atoms with van der Waals surface area (Å²) in [6.45, 7) is 4.30. The maximum Gasteiger partial charge on any atom is 0.0487 e. The molecule has 18 heavy (non-hydrogen) atoms. The van der Waals surface area contributed by atoms with E-state index in [1.54, 1.807) is 0 Å². The first-order chi connectivity index (χ1) is 8.61. The second-order valence-electron chi connectivity index (χ2n) is 4.42. The molecule has 1 nitrogen and oxygen atoms in total. The van der Waals surface area contributed by atoms with Crippen molar-refractivity contribution < 1.29 is 0 Å². The van der Waals surface area contributed by atoms with Gasteiger partial charge < -0.3 is 0 Å². The van der Waals surface area contributed by atoms with E-state index in [1.807, 2.05) is 18.3 Å². The van der Waals surface area contributed by atoms with Crippen molar-refractivity contribution in [2.45, 2.75) is 24.6 Å². The Morgan fingerprint density at radius 3 is 2.56 bits per heavy atom. The van der Waals surface area contributed by atoms with Crippen LogP contribution in [-0.4, -0.2) is 4.98 Å². The van der Waals surface area contributed by atoms with Crippen LogP contribution in [0.2, 0.25) is 0 Å². The van der Waals surface area contributed by atoms with E-state index >= 15 is 0 Å². The van der Waals surface area contributed by atoms with Gasteiger partial charge in [-0.25, -0.2) is 0 Å². The Bertz CT molecular complexity index is 525. The number of benzene rings is 1. The molecule has 0 spiro atoms. The van der Waals surface area contributed by atoms with Crippen molar-refractivity contribution >= 4 is 31.9 Å². The molecule has 0 fully saturated rings. The van der Waals surface area contributed by atoms with Crippen LogP contribution in [0.25, 0.3) is 0 Å². The lowest BCUT2D eigenvalue weighted by atomic mass is 9.96. The van der Waals surface area contributed by atoms with Crippen molar-refractivity contribution in [2.75, 3.05) is 0 Å². The summed E-state index contributed by atoms with van der Waals surface area (Å²) >= 11 is 7.47. The fourth-order valence-corrected chi connectivity index (χ4v) is 3.42. The van der Waals surface area contributed by atoms with Gasteiger partial charge in [0.15, 0.2) is 0 Å². The van der Waals surface area contributed by atoms with E-state index in [2.05, 4.69) is 75.0 Å². The number of alkyl halides is 1. The van der Waals surface area contributed by atoms with Crippen molar-refractivity contribution in [1.82, 2.24) is 4.98 Å². The smallest absolute Gasteiger partial charge is 0.0487 e. The number of rotatable bonds is 3. The molecular weight excluding hydrogens is 354 g/mol. The largest absolute Gasteiger partial charge is 0.261 e. The number of hydrogen-bond donors (Lipinski definition) is 0. The molecule has 94 valence electrons. The Hall–Kier alpha value is -0.670. The fraction of sp³-hybridized carbons (Fsp3) is 0.267. The van der Waals surface area contributed by atoms with Crippen LogP contribution >= 0.6 is 31.9 Å². The first-order valence-electron chi connectivity index (χ1n) is 5.91. The average Bonchev–Trinajstić information content (AvgIpc) is 2.41. The van der Waals surface area contributed by atoms with Gasteiger partial charge in [-0.1, -0.05) is 63.0 Å². The lowest BCUT2D eigenvalue weighted by Crippen LogP contribution is -2.05. The van der Waals surface area contributed by atoms with Gasteiger partial charge in [-0.15, -0.1) is 0 Å². The van der Waals surface area contributed by atoms with E-state index in [4.69, 9.17) is 0 Å². The second kappa shape index (κ2) is 5.98. The van der Waals surface area contributed by atoms with Gasteiger partial charge in [0.05, 0.1) is 0 Å². The van der Waals surface area contributed by atoms with Gasteiger partial charge in [-0.3, -0.25) is 4.98 Å². The van der Waals surface area contributed by atoms with Crippen molar-refractivity contribution in [2.24, 2.45) is 0 Å². The molecule has 0 saturated heterocycles. The molecule has 1 aromatic carbocycles. The molecule has 2 atom stereocenters. The van der Waals surface area contributed by atoms with Gasteiger partial charge in [-0.05, 0) is 30.2 Å². The Morgan fingerprint density at radius 2 is 1.89 bits per heavy atom. The third-order valence-corrected chi connectivity index (χ3v) is 5.48. The first kappa shape index (κ1) is 13.8. The molecule has 0 N–H and O–H groups in total. The highest BCUT2D eigenvalue weighted by Gasteiger charge is 2.21. The molecule has 2 aromatic rings. The molecule has 0 aliphatic rings. The highest BCUT2D eigenvalue weighted by molar-refractivity contribution is 9.11. The number of halogens is 2. The summed E-state index contributed by atoms with van der Waals surface area (Å²) in [5.74, 6) is 0.323. The van der Waals surface area contributed by atoms with E-state index in [1.165, 1.54) is 15.6 Å². The number of pyridine rings is 1. The highest BCUT2D eigenvalue weighted by atomic mass is 79.9. The van der Waals surface area contributed by atoms with Crippen molar-refractivity contribution in [3.63, 3.8) is 0 Å². The summed E-state index contributed by atoms with van der Waals surface area (Å²) in [5, 5.41) is 0. The Kier molecular flexibility index (Phi) is 4.57. The molecule has 3 heteroatoms. The molecule has 0 saturated carbocycles. The minimum Gasteiger partial charge on any atom is -0.261 e. The van der Waals surface area contributed by atoms with E-state index < -0.39 is 0 Å². The molecule has 0 bridgehead atoms. The standard InChI is InChI=1S/C15H15Br2N/c1-10-6-5-7-12(14(10)16)15(17)11(2)13-8-3-4-9-18-13/h3-9,11,15H,1-2H3. The van der Waals surface area contributed by atoms with Gasteiger partial charge in [0.1, 0.15) is 0 Å². The van der Waals surface area contributed by atoms with Crippen LogP contribution in [0, 0.1) is 6.92 Å². The van der Waals surface area contributed by atoms with Gasteiger partial charge in [0.25, 0.3) is 0 Å². The van der Waals surface area contributed by atoms with E-state index in [0.717, 1.165) is 5.69 Å². The molecule has 2 rings (SSSR count). The predicted octanol–water partition coefficient (Wildman–Crippen LogP) is 5.39. The summed E-state index contributed by atoms with van der Waals surface area (Å²) in [4.78, 5) is 4.68. The quantitative estimate of drug-likeness (QED) is 0.661. The molecule has 0 amide bonds. The Balaban J connectivity index is 2.31. The molecule has 1 aromatic heterocycles. The minimum absolute atomic E-state index is 0.252. The second-order valence-corrected chi connectivity index (χ2v) is 6.20. The maximum atomic E-state index is 4.43. The molecule has 2 unspecified atom stereocenters. The summed E-state index contributed by atoms with van der Waals surface area (Å²) < 4.78 is 1.18. The van der Waals surface area contributed by atoms with Gasteiger partial charge in [0.2, 0.25) is 0 Å². The van der Waals surface area contributed by atoms with E-state index in [-0.39, 0.29) is 4.83 Å². The molecule has 0 aliphatic carbocycles. The zero-order chi connectivity index (χ0) is 13.1. The average molecular weight is 369 g/mol. The van der Waals surface area contributed by atoms with Crippen LogP contribution < -0.4 is 0 Å². The SMILES string of the molecule is Cc1cccc(C(Br)C(C)c2ccccn2)c1Br. The lowest BCUT2D eigenvalue weighted by molar-refractivity contribution is 0.722. The van der Waals surface area contributed by atoms with Gasteiger partial charge in [-0.2, -0.15) is 0 Å². The van der Waals surface area contributed by atoms with Crippen LogP contribution in [0.3, 0.4) is 0 Å². The number of nitrogens with zero attached hydrogens (tertiary/aromatic N) is 1. The van der Waals surface area contributed by atoms with Crippen molar-refractivity contribution in [3.8, 4) is 0 Å². The molecule has 1 heterocycles. The monoisotopic (exact) mass is 367 g/mol. The Labute approximate surface area is 125 Å². The molecular formula is C15H15Br2N. The normalized spacial score (nSPS) is 14.2. The number of aromatic nitrogens is 1. The third-order valence-electron chi connectivity index (χ3n) is 3.11. The highest BCUT2D eigenvalue weighted by Crippen LogP contribution is 2.40. The summed E-state index contributed by atoms with van der Waals surface area (Å²) in [6.07, 6.45) is 1.84. The number of aryl methyl sites for hydroxylation is 1. The summed E-state index contributed by atoms with van der Waals surface area (Å²) in [6, 6.07) is 12.4. The lowest BCUT2D eigenvalue weighted by Gasteiger charge is -2.20. The van der Waals surface area contributed by atoms with Crippen LogP contribution in [-0.2, 0) is 0 Å². The summed E-state index contributed by atoms with van der Waals surface area (Å²) in [5.41, 5.74) is 3.63. The Morgan fingerprint density at radius 1 is 1.11 bits per heavy atom. The van der Waals surface area contributed by atoms with Crippen molar-refractivity contribution in [3.05, 3.63) is 63.9 Å². The molecule has 0 aliphatic heterocycles. The zero-order valence-corrected chi connectivity index (χ0v) is 13.6. The van der Waals surface area contributed by atoms with E-state index in [9.17, 15) is 0 Å². The first-order valence-corrected chi connectivity index (χ1v) is 7.62. The zero-order valence-electron chi connectivity index (χ0n) is 10.4. The topological polar surface area (TPSA) is 12.9 Å². The van der Waals surface area contributed by atoms with Crippen LogP contribution in [0.5, 0.6) is 0 Å². The minimum atomic E-state index is 0.252. The van der Waals surface area contributed by atoms with Crippen LogP contribution in [0.15, 0.2) is 47.1 Å². The van der Waals surface area contributed by atoms with Crippen molar-refractivity contribution in [1.29, 1.82) is 0 Å². The fourth-order valence-electron chi connectivity index (χ4n) is 1.95. The van der Waals surface area contributed by atoms with Crippen LogP contribution in [0.4, 0.5) is 0 Å². The van der Waals surface area contributed by atoms with Gasteiger partial charge in [0, 0.05) is 27.1 Å². The van der Waals surface area contributed by atoms with Gasteiger partial charge >= 0.3 is 0 Å². The third kappa shape index (κ3) is 2.83. The van der Waals surface area contributed by atoms with Crippen LogP contribution in [0.1, 0.15) is 34.5 Å². The summed E-state index contributed by atoms with van der Waals surface area (Å²) in [7, 11) is 0. The number of hydrogen-bond acceptors (Lipinski definition) is 1. The van der Waals surface area contributed by atoms with E-state index in [0.29, 0.717) is 5.92 Å². The molecule has 0 radical (unpaired) electrons. The maximum absolute atomic E-state index is 4.43.